The summed E-state index contributed by atoms with van der Waals surface area (Å²) in [5, 5.41) is 6.01. The monoisotopic (exact) mass is 393 g/mol. The van der Waals surface area contributed by atoms with E-state index < -0.39 is 5.82 Å². The summed E-state index contributed by atoms with van der Waals surface area (Å²) in [5.74, 6) is 1.08. The standard InChI is InChI=1S/C21H20FN5O2/c1-29-16-5-2-4-14(12-16)17-7-8-18-20(25-17)27(11-3-10-23-18)21(28)26-19-9-6-15(22)13-24-19/h2,4-9,12-13,23H,3,10-11H2,1H3,(H,24,26,28). The lowest BCUT2D eigenvalue weighted by Crippen LogP contribution is -2.36. The van der Waals surface area contributed by atoms with Gasteiger partial charge in [-0.2, -0.15) is 0 Å². The number of nitrogens with one attached hydrogen (secondary N) is 2. The maximum Gasteiger partial charge on any atom is 0.328 e. The number of carbonyl (C=O) groups excluding carboxylic acids is 1. The predicted octanol–water partition coefficient (Wildman–Crippen LogP) is 4.15. The van der Waals surface area contributed by atoms with Gasteiger partial charge in [-0.25, -0.2) is 19.2 Å². The predicted molar refractivity (Wildman–Crippen MR) is 110 cm³/mol. The first kappa shape index (κ1) is 18.7. The summed E-state index contributed by atoms with van der Waals surface area (Å²) in [4.78, 5) is 23.1. The number of pyridine rings is 2. The number of hydrogen-bond donors (Lipinski definition) is 2. The van der Waals surface area contributed by atoms with Crippen LogP contribution in [0, 0.1) is 5.82 Å². The Morgan fingerprint density at radius 3 is 2.93 bits per heavy atom. The minimum atomic E-state index is -0.461. The number of halogens is 1. The maximum absolute atomic E-state index is 13.1. The fraction of sp³-hybridized carbons (Fsp3) is 0.190. The van der Waals surface area contributed by atoms with Crippen molar-refractivity contribution in [2.75, 3.05) is 35.7 Å². The Bertz CT molecular complexity index is 1030. The molecule has 4 rings (SSSR count). The van der Waals surface area contributed by atoms with Crippen molar-refractivity contribution in [2.24, 2.45) is 0 Å². The molecule has 0 saturated heterocycles. The molecule has 3 aromatic rings. The van der Waals surface area contributed by atoms with Crippen LogP contribution in [0.1, 0.15) is 6.42 Å². The summed E-state index contributed by atoms with van der Waals surface area (Å²) in [5.41, 5.74) is 2.39. The number of anilines is 3. The second-order valence-corrected chi connectivity index (χ2v) is 6.52. The lowest BCUT2D eigenvalue weighted by atomic mass is 10.1. The van der Waals surface area contributed by atoms with Crippen LogP contribution in [-0.2, 0) is 0 Å². The van der Waals surface area contributed by atoms with Crippen LogP contribution in [0.2, 0.25) is 0 Å². The normalized spacial score (nSPS) is 13.1. The highest BCUT2D eigenvalue weighted by molar-refractivity contribution is 6.02. The van der Waals surface area contributed by atoms with Crippen molar-refractivity contribution >= 4 is 23.4 Å². The Morgan fingerprint density at radius 1 is 1.24 bits per heavy atom. The van der Waals surface area contributed by atoms with Gasteiger partial charge in [0.1, 0.15) is 17.4 Å². The van der Waals surface area contributed by atoms with E-state index >= 15 is 0 Å². The van der Waals surface area contributed by atoms with E-state index in [0.29, 0.717) is 12.4 Å². The van der Waals surface area contributed by atoms with Crippen molar-refractivity contribution in [2.45, 2.75) is 6.42 Å². The van der Waals surface area contributed by atoms with Crippen molar-refractivity contribution in [3.05, 3.63) is 60.5 Å². The largest absolute Gasteiger partial charge is 0.497 e. The molecular weight excluding hydrogens is 373 g/mol. The summed E-state index contributed by atoms with van der Waals surface area (Å²) in [7, 11) is 1.61. The van der Waals surface area contributed by atoms with E-state index in [9.17, 15) is 9.18 Å². The molecule has 0 fully saturated rings. The van der Waals surface area contributed by atoms with Crippen molar-refractivity contribution in [3.8, 4) is 17.0 Å². The van der Waals surface area contributed by atoms with E-state index in [2.05, 4.69) is 15.6 Å². The van der Waals surface area contributed by atoms with Gasteiger partial charge in [-0.05, 0) is 42.8 Å². The zero-order valence-electron chi connectivity index (χ0n) is 15.9. The Kier molecular flexibility index (Phi) is 5.24. The molecular formula is C21H20FN5O2. The molecule has 7 nitrogen and oxygen atoms in total. The highest BCUT2D eigenvalue weighted by atomic mass is 19.1. The number of hydrogen-bond acceptors (Lipinski definition) is 5. The number of fused-ring (bicyclic) bond motifs is 1. The third-order valence-electron chi connectivity index (χ3n) is 4.58. The van der Waals surface area contributed by atoms with Crippen molar-refractivity contribution in [3.63, 3.8) is 0 Å². The zero-order valence-corrected chi connectivity index (χ0v) is 15.9. The Morgan fingerprint density at radius 2 is 2.14 bits per heavy atom. The Hall–Kier alpha value is -3.68. The van der Waals surface area contributed by atoms with Crippen LogP contribution in [0.5, 0.6) is 5.75 Å². The number of ether oxygens (including phenoxy) is 1. The number of methoxy groups -OCH3 is 1. The van der Waals surface area contributed by atoms with E-state index in [-0.39, 0.29) is 11.8 Å². The van der Waals surface area contributed by atoms with Crippen molar-refractivity contribution in [1.82, 2.24) is 9.97 Å². The van der Waals surface area contributed by atoms with Gasteiger partial charge in [-0.15, -0.1) is 0 Å². The van der Waals surface area contributed by atoms with Gasteiger partial charge in [0.25, 0.3) is 0 Å². The van der Waals surface area contributed by atoms with Gasteiger partial charge in [-0.1, -0.05) is 12.1 Å². The Labute approximate surface area is 167 Å². The van der Waals surface area contributed by atoms with Crippen LogP contribution in [0.4, 0.5) is 26.5 Å². The second-order valence-electron chi connectivity index (χ2n) is 6.52. The van der Waals surface area contributed by atoms with Crippen LogP contribution in [0.25, 0.3) is 11.3 Å². The summed E-state index contributed by atoms with van der Waals surface area (Å²) >= 11 is 0. The molecule has 2 N–H and O–H groups in total. The van der Waals surface area contributed by atoms with Crippen LogP contribution < -0.4 is 20.3 Å². The first-order chi connectivity index (χ1) is 14.1. The number of nitrogens with zero attached hydrogens (tertiary/aromatic N) is 3. The van der Waals surface area contributed by atoms with Crippen LogP contribution >= 0.6 is 0 Å². The smallest absolute Gasteiger partial charge is 0.328 e. The molecule has 0 spiro atoms. The van der Waals surface area contributed by atoms with Gasteiger partial charge in [0, 0.05) is 18.7 Å². The van der Waals surface area contributed by atoms with Crippen LogP contribution in [0.15, 0.2) is 54.7 Å². The van der Waals surface area contributed by atoms with Crippen LogP contribution in [0.3, 0.4) is 0 Å². The molecule has 0 atom stereocenters. The van der Waals surface area contributed by atoms with Crippen molar-refractivity contribution < 1.29 is 13.9 Å². The van der Waals surface area contributed by atoms with Crippen molar-refractivity contribution in [1.29, 1.82) is 0 Å². The molecule has 8 heteroatoms. The summed E-state index contributed by atoms with van der Waals surface area (Å²) in [6.07, 6.45) is 1.82. The number of aromatic nitrogens is 2. The molecule has 0 aliphatic carbocycles. The number of benzene rings is 1. The average Bonchev–Trinajstić information content (AvgIpc) is 2.97. The molecule has 0 saturated carbocycles. The zero-order chi connectivity index (χ0) is 20.2. The first-order valence-corrected chi connectivity index (χ1v) is 9.23. The molecule has 29 heavy (non-hydrogen) atoms. The van der Waals surface area contributed by atoms with Gasteiger partial charge in [0.15, 0.2) is 5.82 Å². The van der Waals surface area contributed by atoms with Gasteiger partial charge >= 0.3 is 6.03 Å². The maximum atomic E-state index is 13.1. The molecule has 1 aliphatic rings. The van der Waals surface area contributed by atoms with E-state index in [1.165, 1.54) is 12.1 Å². The lowest BCUT2D eigenvalue weighted by Gasteiger charge is -2.22. The number of urea groups is 1. The molecule has 0 radical (unpaired) electrons. The van der Waals surface area contributed by atoms with E-state index in [4.69, 9.17) is 9.72 Å². The summed E-state index contributed by atoms with van der Waals surface area (Å²) in [6, 6.07) is 13.7. The molecule has 0 unspecified atom stereocenters. The fourth-order valence-corrected chi connectivity index (χ4v) is 3.13. The highest BCUT2D eigenvalue weighted by Gasteiger charge is 2.23. The van der Waals surface area contributed by atoms with E-state index in [0.717, 1.165) is 41.9 Å². The van der Waals surface area contributed by atoms with Crippen LogP contribution in [-0.4, -0.2) is 36.2 Å². The number of amides is 2. The molecule has 0 bridgehead atoms. The first-order valence-electron chi connectivity index (χ1n) is 9.23. The van der Waals surface area contributed by atoms with E-state index in [1.54, 1.807) is 12.0 Å². The third-order valence-corrected chi connectivity index (χ3v) is 4.58. The SMILES string of the molecule is COc1cccc(-c2ccc3c(n2)N(C(=O)Nc2ccc(F)cn2)CCCN3)c1. The molecule has 3 heterocycles. The van der Waals surface area contributed by atoms with Gasteiger partial charge in [0.05, 0.1) is 24.7 Å². The molecule has 1 aliphatic heterocycles. The summed E-state index contributed by atoms with van der Waals surface area (Å²) in [6.45, 7) is 1.22. The van der Waals surface area contributed by atoms with Gasteiger partial charge in [0.2, 0.25) is 0 Å². The topological polar surface area (TPSA) is 79.4 Å². The fourth-order valence-electron chi connectivity index (χ4n) is 3.13. The molecule has 148 valence electrons. The molecule has 2 aromatic heterocycles. The molecule has 1 aromatic carbocycles. The minimum Gasteiger partial charge on any atom is -0.497 e. The lowest BCUT2D eigenvalue weighted by molar-refractivity contribution is 0.256. The minimum absolute atomic E-state index is 0.277. The van der Waals surface area contributed by atoms with Gasteiger partial charge < -0.3 is 10.1 Å². The quantitative estimate of drug-likeness (QED) is 0.699. The average molecular weight is 393 g/mol. The Balaban J connectivity index is 1.66. The molecule has 2 amide bonds. The van der Waals surface area contributed by atoms with Gasteiger partial charge in [-0.3, -0.25) is 10.2 Å². The van der Waals surface area contributed by atoms with E-state index in [1.807, 2.05) is 36.4 Å². The number of rotatable bonds is 3. The highest BCUT2D eigenvalue weighted by Crippen LogP contribution is 2.31. The third kappa shape index (κ3) is 4.11. The number of carbonyl (C=O) groups is 1. The second kappa shape index (κ2) is 8.14. The summed E-state index contributed by atoms with van der Waals surface area (Å²) < 4.78 is 18.4.